The lowest BCUT2D eigenvalue weighted by Crippen LogP contribution is -2.59. The summed E-state index contributed by atoms with van der Waals surface area (Å²) < 4.78 is 0. The molecule has 1 fully saturated rings. The molecule has 1 aliphatic heterocycles. The van der Waals surface area contributed by atoms with Gasteiger partial charge in [-0.1, -0.05) is 0 Å². The maximum absolute atomic E-state index is 12.0. The highest BCUT2D eigenvalue weighted by atomic mass is 16.4. The van der Waals surface area contributed by atoms with E-state index in [-0.39, 0.29) is 18.4 Å². The van der Waals surface area contributed by atoms with Gasteiger partial charge in [0.05, 0.1) is 6.42 Å². The maximum Gasteiger partial charge on any atom is 0.305 e. The first-order chi connectivity index (χ1) is 7.47. The van der Waals surface area contributed by atoms with Gasteiger partial charge in [0.25, 0.3) is 0 Å². The molecule has 5 heteroatoms. The summed E-state index contributed by atoms with van der Waals surface area (Å²) in [4.78, 5) is 26.5. The molecule has 0 aromatic carbocycles. The number of carboxylic acid groups (broad SMARTS) is 1. The van der Waals surface area contributed by atoms with Gasteiger partial charge in [0.2, 0.25) is 5.91 Å². The standard InChI is InChI=1S/C11H20N2O3/c1-4-12-5-6-13(8(2)3)9(11(12)16)7-10(14)15/h8-9H,4-7H2,1-3H3,(H,14,15). The number of hydrogen-bond acceptors (Lipinski definition) is 3. The average Bonchev–Trinajstić information content (AvgIpc) is 2.19. The van der Waals surface area contributed by atoms with Crippen LogP contribution in [0.4, 0.5) is 0 Å². The van der Waals surface area contributed by atoms with Crippen LogP contribution in [-0.4, -0.2) is 58.5 Å². The van der Waals surface area contributed by atoms with E-state index in [2.05, 4.69) is 0 Å². The zero-order valence-electron chi connectivity index (χ0n) is 10.1. The third-order valence-corrected chi connectivity index (χ3v) is 3.04. The molecule has 0 aromatic rings. The minimum absolute atomic E-state index is 0.0511. The predicted octanol–water partition coefficient (Wildman–Crippen LogP) is 0.402. The fourth-order valence-corrected chi connectivity index (χ4v) is 2.16. The largest absolute Gasteiger partial charge is 0.481 e. The lowest BCUT2D eigenvalue weighted by molar-refractivity contribution is -0.150. The number of carbonyl (C=O) groups is 2. The van der Waals surface area contributed by atoms with Gasteiger partial charge in [0, 0.05) is 25.7 Å². The Hall–Kier alpha value is -1.10. The van der Waals surface area contributed by atoms with Crippen molar-refractivity contribution in [1.29, 1.82) is 0 Å². The molecule has 1 amide bonds. The van der Waals surface area contributed by atoms with Crippen molar-refractivity contribution in [3.05, 3.63) is 0 Å². The molecular formula is C11H20N2O3. The van der Waals surface area contributed by atoms with Crippen LogP contribution in [0, 0.1) is 0 Å². The van der Waals surface area contributed by atoms with Crippen molar-refractivity contribution in [3.8, 4) is 0 Å². The topological polar surface area (TPSA) is 60.9 Å². The Morgan fingerprint density at radius 2 is 2.12 bits per heavy atom. The molecule has 1 atom stereocenters. The Labute approximate surface area is 96.0 Å². The summed E-state index contributed by atoms with van der Waals surface area (Å²) in [7, 11) is 0. The normalized spacial score (nSPS) is 22.9. The van der Waals surface area contributed by atoms with Crippen molar-refractivity contribution in [2.75, 3.05) is 19.6 Å². The second-order valence-electron chi connectivity index (χ2n) is 4.36. The summed E-state index contributed by atoms with van der Waals surface area (Å²) in [6, 6.07) is -0.293. The molecule has 0 aromatic heterocycles. The molecule has 16 heavy (non-hydrogen) atoms. The van der Waals surface area contributed by atoms with E-state index in [0.717, 1.165) is 6.54 Å². The van der Waals surface area contributed by atoms with Gasteiger partial charge in [-0.15, -0.1) is 0 Å². The molecule has 1 unspecified atom stereocenters. The van der Waals surface area contributed by atoms with Gasteiger partial charge in [-0.25, -0.2) is 0 Å². The molecule has 92 valence electrons. The molecule has 5 nitrogen and oxygen atoms in total. The van der Waals surface area contributed by atoms with Crippen molar-refractivity contribution in [2.45, 2.75) is 39.3 Å². The second-order valence-corrected chi connectivity index (χ2v) is 4.36. The fourth-order valence-electron chi connectivity index (χ4n) is 2.16. The van der Waals surface area contributed by atoms with Crippen LogP contribution in [0.2, 0.25) is 0 Å². The average molecular weight is 228 g/mol. The summed E-state index contributed by atoms with van der Waals surface area (Å²) >= 11 is 0. The Kier molecular flexibility index (Phi) is 4.29. The van der Waals surface area contributed by atoms with E-state index >= 15 is 0 Å². The van der Waals surface area contributed by atoms with Crippen molar-refractivity contribution in [2.24, 2.45) is 0 Å². The van der Waals surface area contributed by atoms with Crippen LogP contribution in [0.25, 0.3) is 0 Å². The second kappa shape index (κ2) is 5.30. The first kappa shape index (κ1) is 13.0. The Morgan fingerprint density at radius 3 is 2.56 bits per heavy atom. The van der Waals surface area contributed by atoms with E-state index in [9.17, 15) is 9.59 Å². The number of rotatable bonds is 4. The molecule has 0 saturated carbocycles. The Balaban J connectivity index is 2.81. The Morgan fingerprint density at radius 1 is 1.50 bits per heavy atom. The third kappa shape index (κ3) is 2.72. The van der Waals surface area contributed by atoms with Crippen LogP contribution in [-0.2, 0) is 9.59 Å². The van der Waals surface area contributed by atoms with E-state index in [0.29, 0.717) is 13.1 Å². The van der Waals surface area contributed by atoms with Crippen LogP contribution in [0.15, 0.2) is 0 Å². The number of amides is 1. The smallest absolute Gasteiger partial charge is 0.305 e. The summed E-state index contributed by atoms with van der Waals surface area (Å²) in [5.41, 5.74) is 0. The maximum atomic E-state index is 12.0. The number of nitrogens with zero attached hydrogens (tertiary/aromatic N) is 2. The van der Waals surface area contributed by atoms with E-state index in [1.165, 1.54) is 0 Å². The van der Waals surface area contributed by atoms with Gasteiger partial charge < -0.3 is 10.0 Å². The van der Waals surface area contributed by atoms with Crippen LogP contribution in [0.1, 0.15) is 27.2 Å². The highest BCUT2D eigenvalue weighted by Crippen LogP contribution is 2.17. The highest BCUT2D eigenvalue weighted by molar-refractivity contribution is 5.86. The molecule has 0 bridgehead atoms. The van der Waals surface area contributed by atoms with E-state index < -0.39 is 12.0 Å². The third-order valence-electron chi connectivity index (χ3n) is 3.04. The molecule has 0 aliphatic carbocycles. The molecular weight excluding hydrogens is 208 g/mol. The zero-order chi connectivity index (χ0) is 12.3. The molecule has 1 aliphatic rings. The number of piperazine rings is 1. The van der Waals surface area contributed by atoms with Gasteiger partial charge in [-0.05, 0) is 20.8 Å². The monoisotopic (exact) mass is 228 g/mol. The summed E-state index contributed by atoms with van der Waals surface area (Å²) in [6.07, 6.45) is -0.104. The van der Waals surface area contributed by atoms with Crippen molar-refractivity contribution in [3.63, 3.8) is 0 Å². The lowest BCUT2D eigenvalue weighted by atomic mass is 10.1. The van der Waals surface area contributed by atoms with Crippen LogP contribution in [0.5, 0.6) is 0 Å². The zero-order valence-corrected chi connectivity index (χ0v) is 10.1. The minimum Gasteiger partial charge on any atom is -0.481 e. The Bertz CT molecular complexity index is 278. The minimum atomic E-state index is -0.915. The number of hydrogen-bond donors (Lipinski definition) is 1. The van der Waals surface area contributed by atoms with Gasteiger partial charge in [-0.2, -0.15) is 0 Å². The number of aliphatic carboxylic acids is 1. The molecule has 0 spiro atoms. The van der Waals surface area contributed by atoms with Gasteiger partial charge in [-0.3, -0.25) is 14.5 Å². The van der Waals surface area contributed by atoms with Gasteiger partial charge in [0.1, 0.15) is 6.04 Å². The number of carboxylic acids is 1. The van der Waals surface area contributed by atoms with Crippen LogP contribution >= 0.6 is 0 Å². The van der Waals surface area contributed by atoms with E-state index in [1.807, 2.05) is 25.7 Å². The summed E-state index contributed by atoms with van der Waals surface area (Å²) in [5, 5.41) is 8.84. The predicted molar refractivity (Wildman–Crippen MR) is 60.1 cm³/mol. The van der Waals surface area contributed by atoms with E-state index in [1.54, 1.807) is 4.90 Å². The molecule has 1 saturated heterocycles. The summed E-state index contributed by atoms with van der Waals surface area (Å²) in [6.45, 7) is 8.01. The lowest BCUT2D eigenvalue weighted by Gasteiger charge is -2.41. The van der Waals surface area contributed by atoms with Crippen molar-refractivity contribution < 1.29 is 14.7 Å². The van der Waals surface area contributed by atoms with Crippen LogP contribution in [0.3, 0.4) is 0 Å². The number of likely N-dealkylation sites (N-methyl/N-ethyl adjacent to an activating group) is 1. The summed E-state index contributed by atoms with van der Waals surface area (Å²) in [5.74, 6) is -0.966. The van der Waals surface area contributed by atoms with Crippen molar-refractivity contribution in [1.82, 2.24) is 9.80 Å². The molecule has 0 radical (unpaired) electrons. The molecule has 1 heterocycles. The van der Waals surface area contributed by atoms with Gasteiger partial charge in [0.15, 0.2) is 0 Å². The van der Waals surface area contributed by atoms with Gasteiger partial charge >= 0.3 is 5.97 Å². The first-order valence-corrected chi connectivity index (χ1v) is 5.73. The number of carbonyl (C=O) groups excluding carboxylic acids is 1. The quantitative estimate of drug-likeness (QED) is 0.756. The fraction of sp³-hybridized carbons (Fsp3) is 0.818. The molecule has 1 N–H and O–H groups in total. The highest BCUT2D eigenvalue weighted by Gasteiger charge is 2.36. The SMILES string of the molecule is CCN1CCN(C(C)C)C(CC(=O)O)C1=O. The van der Waals surface area contributed by atoms with Crippen molar-refractivity contribution >= 4 is 11.9 Å². The molecule has 1 rings (SSSR count). The van der Waals surface area contributed by atoms with E-state index in [4.69, 9.17) is 5.11 Å². The van der Waals surface area contributed by atoms with Crippen LogP contribution < -0.4 is 0 Å². The first-order valence-electron chi connectivity index (χ1n) is 5.73.